The van der Waals surface area contributed by atoms with Crippen LogP contribution in [0.3, 0.4) is 0 Å². The van der Waals surface area contributed by atoms with Crippen LogP contribution in [0, 0.1) is 3.57 Å². The average molecular weight is 387 g/mol. The molecule has 0 spiro atoms. The van der Waals surface area contributed by atoms with E-state index in [2.05, 4.69) is 38.5 Å². The van der Waals surface area contributed by atoms with E-state index in [1.165, 1.54) is 0 Å². The molecule has 0 bridgehead atoms. The lowest BCUT2D eigenvalue weighted by Crippen LogP contribution is -2.03. The smallest absolute Gasteiger partial charge is 0.194 e. The standard InChI is InChI=1S/C13H8BrIO/c14-10-5-3-4-9(8-10)13(16)11-6-1-2-7-12(11)15/h1-8H. The molecule has 3 heteroatoms. The van der Waals surface area contributed by atoms with E-state index in [1.807, 2.05) is 48.5 Å². The zero-order chi connectivity index (χ0) is 11.5. The maximum absolute atomic E-state index is 12.2. The first-order valence-corrected chi connectivity index (χ1v) is 6.60. The van der Waals surface area contributed by atoms with Gasteiger partial charge in [-0.3, -0.25) is 4.79 Å². The van der Waals surface area contributed by atoms with Gasteiger partial charge in [0.25, 0.3) is 0 Å². The van der Waals surface area contributed by atoms with E-state index in [0.29, 0.717) is 5.56 Å². The number of carbonyl (C=O) groups excluding carboxylic acids is 1. The molecule has 0 atom stereocenters. The Hall–Kier alpha value is -0.680. The molecule has 0 aliphatic heterocycles. The molecule has 0 aromatic heterocycles. The monoisotopic (exact) mass is 386 g/mol. The summed E-state index contributed by atoms with van der Waals surface area (Å²) in [6, 6.07) is 15.0. The maximum Gasteiger partial charge on any atom is 0.194 e. The molecule has 80 valence electrons. The first kappa shape index (κ1) is 11.8. The third-order valence-electron chi connectivity index (χ3n) is 2.21. The minimum absolute atomic E-state index is 0.0614. The second-order valence-corrected chi connectivity index (χ2v) is 5.40. The molecule has 0 saturated heterocycles. The normalized spacial score (nSPS) is 10.1. The zero-order valence-corrected chi connectivity index (χ0v) is 12.0. The molecule has 0 aliphatic carbocycles. The molecule has 0 aliphatic rings. The number of hydrogen-bond acceptors (Lipinski definition) is 1. The molecule has 16 heavy (non-hydrogen) atoms. The molecule has 0 radical (unpaired) electrons. The van der Waals surface area contributed by atoms with Crippen LogP contribution in [-0.2, 0) is 0 Å². The Morgan fingerprint density at radius 2 is 1.81 bits per heavy atom. The predicted molar refractivity (Wildman–Crippen MR) is 76.7 cm³/mol. The fraction of sp³-hybridized carbons (Fsp3) is 0. The van der Waals surface area contributed by atoms with Crippen molar-refractivity contribution in [1.29, 1.82) is 0 Å². The van der Waals surface area contributed by atoms with E-state index in [0.717, 1.165) is 13.6 Å². The highest BCUT2D eigenvalue weighted by molar-refractivity contribution is 14.1. The fourth-order valence-electron chi connectivity index (χ4n) is 1.43. The third-order valence-corrected chi connectivity index (χ3v) is 3.64. The highest BCUT2D eigenvalue weighted by atomic mass is 127. The third kappa shape index (κ3) is 2.52. The number of benzene rings is 2. The van der Waals surface area contributed by atoms with Crippen molar-refractivity contribution < 1.29 is 4.79 Å². The molecule has 2 rings (SSSR count). The molecular weight excluding hydrogens is 379 g/mol. The molecule has 0 saturated carbocycles. The summed E-state index contributed by atoms with van der Waals surface area (Å²) in [7, 11) is 0. The number of rotatable bonds is 2. The van der Waals surface area contributed by atoms with Gasteiger partial charge in [-0.2, -0.15) is 0 Å². The molecule has 0 heterocycles. The summed E-state index contributed by atoms with van der Waals surface area (Å²) >= 11 is 5.55. The van der Waals surface area contributed by atoms with Crippen LogP contribution >= 0.6 is 38.5 Å². The summed E-state index contributed by atoms with van der Waals surface area (Å²) < 4.78 is 1.90. The van der Waals surface area contributed by atoms with Gasteiger partial charge in [0, 0.05) is 19.2 Å². The van der Waals surface area contributed by atoms with Crippen LogP contribution in [0.2, 0.25) is 0 Å². The maximum atomic E-state index is 12.2. The Balaban J connectivity index is 2.44. The second-order valence-electron chi connectivity index (χ2n) is 3.32. The molecule has 0 N–H and O–H groups in total. The van der Waals surface area contributed by atoms with Gasteiger partial charge in [-0.05, 0) is 46.9 Å². The van der Waals surface area contributed by atoms with E-state index < -0.39 is 0 Å². The van der Waals surface area contributed by atoms with Crippen molar-refractivity contribution >= 4 is 44.3 Å². The Bertz CT molecular complexity index is 537. The van der Waals surface area contributed by atoms with Crippen molar-refractivity contribution in [3.8, 4) is 0 Å². The van der Waals surface area contributed by atoms with Crippen molar-refractivity contribution in [2.45, 2.75) is 0 Å². The predicted octanol–water partition coefficient (Wildman–Crippen LogP) is 4.28. The summed E-state index contributed by atoms with van der Waals surface area (Å²) in [5.41, 5.74) is 1.46. The van der Waals surface area contributed by atoms with Gasteiger partial charge in [0.2, 0.25) is 0 Å². The van der Waals surface area contributed by atoms with Gasteiger partial charge in [-0.25, -0.2) is 0 Å². The van der Waals surface area contributed by atoms with Crippen LogP contribution in [0.25, 0.3) is 0 Å². The van der Waals surface area contributed by atoms with Crippen LogP contribution in [0.5, 0.6) is 0 Å². The van der Waals surface area contributed by atoms with Crippen LogP contribution in [0.15, 0.2) is 53.0 Å². The van der Waals surface area contributed by atoms with Gasteiger partial charge in [0.15, 0.2) is 5.78 Å². The van der Waals surface area contributed by atoms with Crippen LogP contribution in [-0.4, -0.2) is 5.78 Å². The fourth-order valence-corrected chi connectivity index (χ4v) is 2.46. The lowest BCUT2D eigenvalue weighted by Gasteiger charge is -2.03. The highest BCUT2D eigenvalue weighted by Crippen LogP contribution is 2.18. The quantitative estimate of drug-likeness (QED) is 0.556. The molecule has 2 aromatic rings. The van der Waals surface area contributed by atoms with Gasteiger partial charge in [0.1, 0.15) is 0 Å². The van der Waals surface area contributed by atoms with Gasteiger partial charge in [0.05, 0.1) is 0 Å². The molecule has 0 unspecified atom stereocenters. The zero-order valence-electron chi connectivity index (χ0n) is 8.28. The van der Waals surface area contributed by atoms with Crippen molar-refractivity contribution in [1.82, 2.24) is 0 Å². The number of carbonyl (C=O) groups is 1. The highest BCUT2D eigenvalue weighted by Gasteiger charge is 2.11. The second kappa shape index (κ2) is 5.10. The van der Waals surface area contributed by atoms with Gasteiger partial charge in [-0.15, -0.1) is 0 Å². The molecular formula is C13H8BrIO. The number of ketones is 1. The van der Waals surface area contributed by atoms with Crippen molar-refractivity contribution in [2.24, 2.45) is 0 Å². The molecule has 0 amide bonds. The Morgan fingerprint density at radius 3 is 2.50 bits per heavy atom. The minimum atomic E-state index is 0.0614. The van der Waals surface area contributed by atoms with Gasteiger partial charge < -0.3 is 0 Å². The lowest BCUT2D eigenvalue weighted by molar-refractivity contribution is 0.103. The molecule has 2 aromatic carbocycles. The van der Waals surface area contributed by atoms with Crippen LogP contribution in [0.1, 0.15) is 15.9 Å². The first-order valence-electron chi connectivity index (χ1n) is 4.73. The van der Waals surface area contributed by atoms with Crippen molar-refractivity contribution in [2.75, 3.05) is 0 Å². The minimum Gasteiger partial charge on any atom is -0.289 e. The van der Waals surface area contributed by atoms with Gasteiger partial charge >= 0.3 is 0 Å². The van der Waals surface area contributed by atoms with E-state index in [4.69, 9.17) is 0 Å². The van der Waals surface area contributed by atoms with Crippen LogP contribution < -0.4 is 0 Å². The lowest BCUT2D eigenvalue weighted by atomic mass is 10.0. The summed E-state index contributed by atoms with van der Waals surface area (Å²) in [6.45, 7) is 0. The van der Waals surface area contributed by atoms with E-state index in [1.54, 1.807) is 0 Å². The van der Waals surface area contributed by atoms with Crippen LogP contribution in [0.4, 0.5) is 0 Å². The summed E-state index contributed by atoms with van der Waals surface area (Å²) in [5, 5.41) is 0. The molecule has 0 fully saturated rings. The average Bonchev–Trinajstić information content (AvgIpc) is 2.29. The number of halogens is 2. The topological polar surface area (TPSA) is 17.1 Å². The van der Waals surface area contributed by atoms with E-state index in [-0.39, 0.29) is 5.78 Å². The SMILES string of the molecule is O=C(c1cccc(Br)c1)c1ccccc1I. The first-order chi connectivity index (χ1) is 7.68. The largest absolute Gasteiger partial charge is 0.289 e. The summed E-state index contributed by atoms with van der Waals surface area (Å²) in [5.74, 6) is 0.0614. The summed E-state index contributed by atoms with van der Waals surface area (Å²) in [4.78, 5) is 12.2. The van der Waals surface area contributed by atoms with Crippen molar-refractivity contribution in [3.63, 3.8) is 0 Å². The summed E-state index contributed by atoms with van der Waals surface area (Å²) in [6.07, 6.45) is 0. The Labute approximate surface area is 116 Å². The Kier molecular flexibility index (Phi) is 3.76. The van der Waals surface area contributed by atoms with E-state index in [9.17, 15) is 4.79 Å². The van der Waals surface area contributed by atoms with Gasteiger partial charge in [-0.1, -0.05) is 40.2 Å². The van der Waals surface area contributed by atoms with E-state index >= 15 is 0 Å². The Morgan fingerprint density at radius 1 is 1.06 bits per heavy atom. The molecule has 1 nitrogen and oxygen atoms in total. The van der Waals surface area contributed by atoms with Crippen molar-refractivity contribution in [3.05, 3.63) is 67.7 Å². The number of hydrogen-bond donors (Lipinski definition) is 0.